The van der Waals surface area contributed by atoms with Crippen LogP contribution in [0.25, 0.3) is 0 Å². The number of halogens is 3. The molecule has 0 atom stereocenters. The van der Waals surface area contributed by atoms with Gasteiger partial charge >= 0.3 is 6.18 Å². The van der Waals surface area contributed by atoms with Gasteiger partial charge in [-0.05, 0) is 36.4 Å². The maximum Gasteiger partial charge on any atom is 0.416 e. The molecule has 1 amide bonds. The summed E-state index contributed by atoms with van der Waals surface area (Å²) in [5, 5.41) is 11.0. The summed E-state index contributed by atoms with van der Waals surface area (Å²) in [4.78, 5) is 11.8. The fraction of sp³-hybridized carbons (Fsp3) is 0.176. The zero-order chi connectivity index (χ0) is 18.3. The molecule has 0 radical (unpaired) electrons. The van der Waals surface area contributed by atoms with Crippen LogP contribution >= 0.6 is 0 Å². The Labute approximate surface area is 141 Å². The van der Waals surface area contributed by atoms with E-state index in [1.807, 2.05) is 6.07 Å². The zero-order valence-corrected chi connectivity index (χ0v) is 12.8. The van der Waals surface area contributed by atoms with Crippen LogP contribution in [0.1, 0.15) is 5.56 Å². The summed E-state index contributed by atoms with van der Waals surface area (Å²) in [6.45, 7) is -0.483. The van der Waals surface area contributed by atoms with E-state index in [0.717, 1.165) is 24.3 Å². The first-order valence-electron chi connectivity index (χ1n) is 7.08. The quantitative estimate of drug-likeness (QED) is 0.864. The highest BCUT2D eigenvalue weighted by molar-refractivity contribution is 5.92. The van der Waals surface area contributed by atoms with Crippen molar-refractivity contribution in [3.05, 3.63) is 54.1 Å². The molecule has 0 aliphatic carbocycles. The molecule has 0 saturated carbocycles. The maximum atomic E-state index is 12.5. The predicted octanol–water partition coefficient (Wildman–Crippen LogP) is 3.63. The van der Waals surface area contributed by atoms with Crippen molar-refractivity contribution in [2.45, 2.75) is 6.18 Å². The minimum absolute atomic E-state index is 0.117. The Hall–Kier alpha value is -3.21. The van der Waals surface area contributed by atoms with Gasteiger partial charge in [0.2, 0.25) is 0 Å². The highest BCUT2D eigenvalue weighted by Gasteiger charge is 2.30. The van der Waals surface area contributed by atoms with Crippen molar-refractivity contribution in [3.8, 4) is 17.6 Å². The number of rotatable bonds is 6. The molecule has 2 rings (SSSR count). The molecule has 0 fully saturated rings. The first kappa shape index (κ1) is 18.1. The highest BCUT2D eigenvalue weighted by Crippen LogP contribution is 2.30. The Bertz CT molecular complexity index is 768. The van der Waals surface area contributed by atoms with Crippen molar-refractivity contribution in [2.24, 2.45) is 0 Å². The molecule has 0 heterocycles. The van der Waals surface area contributed by atoms with E-state index >= 15 is 0 Å². The van der Waals surface area contributed by atoms with Gasteiger partial charge in [-0.25, -0.2) is 0 Å². The molecule has 0 aliphatic rings. The van der Waals surface area contributed by atoms with Crippen LogP contribution in [-0.2, 0) is 11.0 Å². The summed E-state index contributed by atoms with van der Waals surface area (Å²) < 4.78 is 47.6. The van der Waals surface area contributed by atoms with Gasteiger partial charge in [-0.1, -0.05) is 6.07 Å². The molecule has 0 spiro atoms. The van der Waals surface area contributed by atoms with Crippen LogP contribution in [0.2, 0.25) is 0 Å². The van der Waals surface area contributed by atoms with Crippen molar-refractivity contribution in [1.29, 1.82) is 5.26 Å². The number of nitrogens with zero attached hydrogens (tertiary/aromatic N) is 1. The van der Waals surface area contributed by atoms with E-state index in [0.29, 0.717) is 11.4 Å². The van der Waals surface area contributed by atoms with Gasteiger partial charge in [0.15, 0.2) is 13.2 Å². The highest BCUT2D eigenvalue weighted by atomic mass is 19.4. The lowest BCUT2D eigenvalue weighted by atomic mass is 10.2. The van der Waals surface area contributed by atoms with Gasteiger partial charge in [-0.3, -0.25) is 4.79 Å². The number of ether oxygens (including phenoxy) is 2. The van der Waals surface area contributed by atoms with Crippen LogP contribution in [0.4, 0.5) is 18.9 Å². The number of hydrogen-bond donors (Lipinski definition) is 1. The van der Waals surface area contributed by atoms with Gasteiger partial charge in [0.05, 0.1) is 5.56 Å². The van der Waals surface area contributed by atoms with Crippen LogP contribution < -0.4 is 14.8 Å². The van der Waals surface area contributed by atoms with Gasteiger partial charge in [0, 0.05) is 11.8 Å². The maximum absolute atomic E-state index is 12.5. The Kier molecular flexibility index (Phi) is 5.84. The standard InChI is InChI=1S/C17H13F3N2O3/c18-17(19,20)12-4-6-14(7-5-12)25-11-16(23)22-13-2-1-3-15(10-13)24-9-8-21/h1-7,10H,9,11H2,(H,22,23). The summed E-state index contributed by atoms with van der Waals surface area (Å²) in [7, 11) is 0. The lowest BCUT2D eigenvalue weighted by Crippen LogP contribution is -2.20. The molecule has 8 heteroatoms. The number of carbonyl (C=O) groups excluding carboxylic acids is 1. The molecular weight excluding hydrogens is 337 g/mol. The van der Waals surface area contributed by atoms with Crippen molar-refractivity contribution in [3.63, 3.8) is 0 Å². The minimum Gasteiger partial charge on any atom is -0.484 e. The Morgan fingerprint density at radius 1 is 1.08 bits per heavy atom. The molecular formula is C17H13F3N2O3. The Morgan fingerprint density at radius 3 is 2.44 bits per heavy atom. The van der Waals surface area contributed by atoms with Crippen molar-refractivity contribution in [2.75, 3.05) is 18.5 Å². The van der Waals surface area contributed by atoms with E-state index in [-0.39, 0.29) is 19.0 Å². The smallest absolute Gasteiger partial charge is 0.416 e. The van der Waals surface area contributed by atoms with E-state index in [4.69, 9.17) is 14.7 Å². The number of benzene rings is 2. The number of alkyl halides is 3. The second-order valence-electron chi connectivity index (χ2n) is 4.83. The summed E-state index contributed by atoms with van der Waals surface area (Å²) >= 11 is 0. The topological polar surface area (TPSA) is 71.3 Å². The third-order valence-corrected chi connectivity index (χ3v) is 2.97. The van der Waals surface area contributed by atoms with Crippen LogP contribution in [0.3, 0.4) is 0 Å². The molecule has 0 saturated heterocycles. The Balaban J connectivity index is 1.87. The summed E-state index contributed by atoms with van der Waals surface area (Å²) in [6.07, 6.45) is -4.42. The molecule has 2 aromatic rings. The van der Waals surface area contributed by atoms with E-state index in [1.165, 1.54) is 6.07 Å². The molecule has 1 N–H and O–H groups in total. The fourth-order valence-corrected chi connectivity index (χ4v) is 1.87. The van der Waals surface area contributed by atoms with E-state index in [1.54, 1.807) is 18.2 Å². The summed E-state index contributed by atoms with van der Waals surface area (Å²) in [5.74, 6) is 0.0783. The van der Waals surface area contributed by atoms with Crippen LogP contribution in [0.15, 0.2) is 48.5 Å². The average molecular weight is 350 g/mol. The van der Waals surface area contributed by atoms with Gasteiger partial charge in [0.25, 0.3) is 5.91 Å². The number of anilines is 1. The van der Waals surface area contributed by atoms with Crippen molar-refractivity contribution in [1.82, 2.24) is 0 Å². The fourth-order valence-electron chi connectivity index (χ4n) is 1.87. The monoisotopic (exact) mass is 350 g/mol. The lowest BCUT2D eigenvalue weighted by Gasteiger charge is -2.10. The van der Waals surface area contributed by atoms with Gasteiger partial charge in [0.1, 0.15) is 17.6 Å². The van der Waals surface area contributed by atoms with E-state index in [9.17, 15) is 18.0 Å². The van der Waals surface area contributed by atoms with Gasteiger partial charge < -0.3 is 14.8 Å². The Morgan fingerprint density at radius 2 is 1.80 bits per heavy atom. The summed E-state index contributed by atoms with van der Waals surface area (Å²) in [5.41, 5.74) is -0.352. The summed E-state index contributed by atoms with van der Waals surface area (Å²) in [6, 6.07) is 12.3. The second kappa shape index (κ2) is 8.06. The number of hydrogen-bond acceptors (Lipinski definition) is 4. The molecule has 130 valence electrons. The molecule has 0 bridgehead atoms. The van der Waals surface area contributed by atoms with Crippen LogP contribution in [0, 0.1) is 11.3 Å². The largest absolute Gasteiger partial charge is 0.484 e. The SMILES string of the molecule is N#CCOc1cccc(NC(=O)COc2ccc(C(F)(F)F)cc2)c1. The molecule has 0 unspecified atom stereocenters. The number of nitrogens with one attached hydrogen (secondary N) is 1. The van der Waals surface area contributed by atoms with E-state index in [2.05, 4.69) is 5.32 Å². The lowest BCUT2D eigenvalue weighted by molar-refractivity contribution is -0.137. The van der Waals surface area contributed by atoms with Crippen molar-refractivity contribution >= 4 is 11.6 Å². The second-order valence-corrected chi connectivity index (χ2v) is 4.83. The molecule has 0 aromatic heterocycles. The predicted molar refractivity (Wildman–Crippen MR) is 83.1 cm³/mol. The molecule has 0 aliphatic heterocycles. The first-order valence-corrected chi connectivity index (χ1v) is 7.08. The van der Waals surface area contributed by atoms with E-state index < -0.39 is 17.6 Å². The third kappa shape index (κ3) is 5.73. The number of amides is 1. The third-order valence-electron chi connectivity index (χ3n) is 2.97. The normalized spacial score (nSPS) is 10.6. The van der Waals surface area contributed by atoms with Crippen LogP contribution in [-0.4, -0.2) is 19.1 Å². The average Bonchev–Trinajstić information content (AvgIpc) is 2.58. The molecule has 5 nitrogen and oxygen atoms in total. The van der Waals surface area contributed by atoms with Gasteiger partial charge in [-0.2, -0.15) is 18.4 Å². The molecule has 2 aromatic carbocycles. The number of carbonyl (C=O) groups is 1. The van der Waals surface area contributed by atoms with Crippen LogP contribution in [0.5, 0.6) is 11.5 Å². The minimum atomic E-state index is -4.42. The first-order chi connectivity index (χ1) is 11.9. The molecule has 25 heavy (non-hydrogen) atoms. The van der Waals surface area contributed by atoms with Gasteiger partial charge in [-0.15, -0.1) is 0 Å². The number of nitriles is 1. The van der Waals surface area contributed by atoms with Crippen molar-refractivity contribution < 1.29 is 27.4 Å². The zero-order valence-electron chi connectivity index (χ0n) is 12.8.